The molecule has 1 N–H and O–H groups in total. The van der Waals surface area contributed by atoms with E-state index in [9.17, 15) is 9.59 Å². The summed E-state index contributed by atoms with van der Waals surface area (Å²) < 4.78 is 0. The molecule has 1 unspecified atom stereocenters. The molecule has 1 heterocycles. The molecule has 26 heavy (non-hydrogen) atoms. The third kappa shape index (κ3) is 3.64. The highest BCUT2D eigenvalue weighted by Gasteiger charge is 2.34. The predicted molar refractivity (Wildman–Crippen MR) is 102 cm³/mol. The molecule has 134 valence electrons. The van der Waals surface area contributed by atoms with Crippen molar-refractivity contribution in [2.45, 2.75) is 32.1 Å². The van der Waals surface area contributed by atoms with Gasteiger partial charge in [-0.25, -0.2) is 0 Å². The Bertz CT molecular complexity index is 816. The number of hydrogen-bond donors (Lipinski definition) is 1. The number of aryl methyl sites for hydroxylation is 2. The van der Waals surface area contributed by atoms with Crippen LogP contribution in [0.15, 0.2) is 48.5 Å². The van der Waals surface area contributed by atoms with Crippen molar-refractivity contribution < 1.29 is 9.59 Å². The predicted octanol–water partition coefficient (Wildman–Crippen LogP) is 3.21. The smallest absolute Gasteiger partial charge is 0.229 e. The molecule has 1 atom stereocenters. The Balaban J connectivity index is 1.33. The summed E-state index contributed by atoms with van der Waals surface area (Å²) in [7, 11) is 0. The minimum Gasteiger partial charge on any atom is -0.342 e. The molecule has 2 aliphatic rings. The molecule has 1 fully saturated rings. The molecule has 4 rings (SSSR count). The van der Waals surface area contributed by atoms with Gasteiger partial charge in [-0.05, 0) is 54.5 Å². The highest BCUT2D eigenvalue weighted by atomic mass is 16.2. The Morgan fingerprint density at radius 1 is 1.08 bits per heavy atom. The van der Waals surface area contributed by atoms with Crippen LogP contribution in [0.5, 0.6) is 0 Å². The van der Waals surface area contributed by atoms with Crippen molar-refractivity contribution in [2.75, 3.05) is 18.4 Å². The van der Waals surface area contributed by atoms with E-state index in [1.165, 1.54) is 23.1 Å². The molecule has 1 saturated heterocycles. The van der Waals surface area contributed by atoms with Crippen molar-refractivity contribution in [3.8, 4) is 0 Å². The normalized spacial score (nSPS) is 18.8. The number of anilines is 1. The van der Waals surface area contributed by atoms with Gasteiger partial charge in [-0.2, -0.15) is 0 Å². The van der Waals surface area contributed by atoms with Crippen LogP contribution in [0.25, 0.3) is 0 Å². The molecule has 2 aromatic carbocycles. The van der Waals surface area contributed by atoms with Crippen LogP contribution in [-0.4, -0.2) is 29.8 Å². The number of carbonyl (C=O) groups is 2. The number of fused-ring (bicyclic) bond motifs is 1. The van der Waals surface area contributed by atoms with Crippen molar-refractivity contribution >= 4 is 17.5 Å². The highest BCUT2D eigenvalue weighted by molar-refractivity contribution is 5.97. The molecule has 0 spiro atoms. The summed E-state index contributed by atoms with van der Waals surface area (Å²) in [5.41, 5.74) is 4.80. The van der Waals surface area contributed by atoms with E-state index in [4.69, 9.17) is 0 Å². The molecule has 0 aromatic heterocycles. The molecular formula is C22H24N2O2. The van der Waals surface area contributed by atoms with E-state index in [0.717, 1.165) is 24.9 Å². The van der Waals surface area contributed by atoms with Gasteiger partial charge in [0, 0.05) is 25.2 Å². The van der Waals surface area contributed by atoms with Gasteiger partial charge >= 0.3 is 0 Å². The lowest BCUT2D eigenvalue weighted by molar-refractivity contribution is -0.128. The Hall–Kier alpha value is -2.62. The molecule has 0 saturated carbocycles. The maximum Gasteiger partial charge on any atom is 0.229 e. The quantitative estimate of drug-likeness (QED) is 0.902. The van der Waals surface area contributed by atoms with Crippen LogP contribution in [0.3, 0.4) is 0 Å². The first-order chi connectivity index (χ1) is 12.7. The van der Waals surface area contributed by atoms with Crippen LogP contribution in [0, 0.1) is 5.92 Å². The number of nitrogens with one attached hydrogen (secondary N) is 1. The third-order valence-corrected chi connectivity index (χ3v) is 5.46. The van der Waals surface area contributed by atoms with Crippen LogP contribution < -0.4 is 5.32 Å². The first kappa shape index (κ1) is 16.8. The lowest BCUT2D eigenvalue weighted by Crippen LogP contribution is -2.30. The molecular weight excluding hydrogens is 324 g/mol. The van der Waals surface area contributed by atoms with Gasteiger partial charge in [0.15, 0.2) is 0 Å². The van der Waals surface area contributed by atoms with Gasteiger partial charge in [0.2, 0.25) is 11.8 Å². The molecule has 2 amide bonds. The summed E-state index contributed by atoms with van der Waals surface area (Å²) in [5.74, 6) is -0.222. The molecule has 4 heteroatoms. The third-order valence-electron chi connectivity index (χ3n) is 5.46. The lowest BCUT2D eigenvalue weighted by Gasteiger charge is -2.16. The summed E-state index contributed by atoms with van der Waals surface area (Å²) in [6.07, 6.45) is 4.56. The average molecular weight is 348 g/mol. The van der Waals surface area contributed by atoms with Crippen molar-refractivity contribution in [1.29, 1.82) is 0 Å². The van der Waals surface area contributed by atoms with Crippen LogP contribution in [0.2, 0.25) is 0 Å². The number of hydrogen-bond acceptors (Lipinski definition) is 2. The fraction of sp³-hybridized carbons (Fsp3) is 0.364. The minimum atomic E-state index is -0.258. The van der Waals surface area contributed by atoms with Gasteiger partial charge < -0.3 is 10.2 Å². The van der Waals surface area contributed by atoms with Crippen LogP contribution in [0.1, 0.15) is 29.5 Å². The van der Waals surface area contributed by atoms with E-state index < -0.39 is 0 Å². The molecule has 4 nitrogen and oxygen atoms in total. The van der Waals surface area contributed by atoms with E-state index in [1.54, 1.807) is 0 Å². The van der Waals surface area contributed by atoms with Crippen molar-refractivity contribution in [1.82, 2.24) is 4.90 Å². The largest absolute Gasteiger partial charge is 0.342 e. The van der Waals surface area contributed by atoms with Crippen LogP contribution in [-0.2, 0) is 28.9 Å². The zero-order valence-electron chi connectivity index (χ0n) is 14.9. The number of benzene rings is 2. The minimum absolute atomic E-state index is 0.0430. The zero-order valence-corrected chi connectivity index (χ0v) is 14.9. The van der Waals surface area contributed by atoms with E-state index in [1.807, 2.05) is 29.2 Å². The van der Waals surface area contributed by atoms with E-state index in [0.29, 0.717) is 19.5 Å². The van der Waals surface area contributed by atoms with Gasteiger partial charge in [0.05, 0.1) is 5.92 Å². The zero-order chi connectivity index (χ0) is 17.9. The lowest BCUT2D eigenvalue weighted by atomic mass is 10.1. The number of amides is 2. The fourth-order valence-electron chi connectivity index (χ4n) is 3.97. The number of nitrogens with zero attached hydrogens (tertiary/aromatic N) is 1. The monoisotopic (exact) mass is 348 g/mol. The Kier molecular flexibility index (Phi) is 4.74. The van der Waals surface area contributed by atoms with E-state index in [-0.39, 0.29) is 17.7 Å². The van der Waals surface area contributed by atoms with Crippen molar-refractivity contribution in [3.63, 3.8) is 0 Å². The summed E-state index contributed by atoms with van der Waals surface area (Å²) >= 11 is 0. The van der Waals surface area contributed by atoms with Gasteiger partial charge in [-0.1, -0.05) is 36.4 Å². The number of likely N-dealkylation sites (tertiary alicyclic amines) is 1. The topological polar surface area (TPSA) is 49.4 Å². The van der Waals surface area contributed by atoms with Crippen molar-refractivity contribution in [2.24, 2.45) is 5.92 Å². The summed E-state index contributed by atoms with van der Waals surface area (Å²) in [4.78, 5) is 26.7. The van der Waals surface area contributed by atoms with Gasteiger partial charge in [-0.15, -0.1) is 0 Å². The summed E-state index contributed by atoms with van der Waals surface area (Å²) in [5, 5.41) is 3.01. The Morgan fingerprint density at radius 2 is 1.88 bits per heavy atom. The Labute approximate surface area is 154 Å². The fourth-order valence-corrected chi connectivity index (χ4v) is 3.97. The van der Waals surface area contributed by atoms with Gasteiger partial charge in [0.1, 0.15) is 0 Å². The number of rotatable bonds is 5. The van der Waals surface area contributed by atoms with E-state index >= 15 is 0 Å². The first-order valence-corrected chi connectivity index (χ1v) is 9.43. The SMILES string of the molecule is O=C(Nc1ccc2c(c1)CCC2)C1CC(=O)N(CCc2ccccc2)C1. The standard InChI is InChI=1S/C22H24N2O2/c25-21-14-19(15-24(21)12-11-16-5-2-1-3-6-16)22(26)23-20-10-9-17-7-4-8-18(17)13-20/h1-3,5-6,9-10,13,19H,4,7-8,11-12,14-15H2,(H,23,26). The average Bonchev–Trinajstić information content (AvgIpc) is 3.27. The Morgan fingerprint density at radius 3 is 2.73 bits per heavy atom. The molecule has 0 bridgehead atoms. The molecule has 2 aromatic rings. The molecule has 1 aliphatic heterocycles. The van der Waals surface area contributed by atoms with E-state index in [2.05, 4.69) is 29.6 Å². The van der Waals surface area contributed by atoms with Crippen LogP contribution in [0.4, 0.5) is 5.69 Å². The maximum atomic E-state index is 12.6. The molecule has 0 radical (unpaired) electrons. The molecule has 1 aliphatic carbocycles. The maximum absolute atomic E-state index is 12.6. The summed E-state index contributed by atoms with van der Waals surface area (Å²) in [6.45, 7) is 1.19. The van der Waals surface area contributed by atoms with Crippen molar-refractivity contribution in [3.05, 3.63) is 65.2 Å². The second-order valence-corrected chi connectivity index (χ2v) is 7.30. The number of carbonyl (C=O) groups excluding carboxylic acids is 2. The summed E-state index contributed by atoms with van der Waals surface area (Å²) in [6, 6.07) is 16.3. The van der Waals surface area contributed by atoms with Crippen LogP contribution >= 0.6 is 0 Å². The second kappa shape index (κ2) is 7.32. The van der Waals surface area contributed by atoms with Gasteiger partial charge in [-0.3, -0.25) is 9.59 Å². The van der Waals surface area contributed by atoms with Gasteiger partial charge in [0.25, 0.3) is 0 Å². The second-order valence-electron chi connectivity index (χ2n) is 7.30. The first-order valence-electron chi connectivity index (χ1n) is 9.43. The highest BCUT2D eigenvalue weighted by Crippen LogP contribution is 2.26.